The molecule has 0 aliphatic heterocycles. The summed E-state index contributed by atoms with van der Waals surface area (Å²) in [6.45, 7) is 4.52. The Hall–Kier alpha value is -2.13. The third-order valence-electron chi connectivity index (χ3n) is 4.85. The van der Waals surface area contributed by atoms with Crippen molar-refractivity contribution in [2.45, 2.75) is 31.6 Å². The first-order valence-electron chi connectivity index (χ1n) is 8.75. The molecule has 0 amide bonds. The maximum Gasteiger partial charge on any atom is 0.234 e. The summed E-state index contributed by atoms with van der Waals surface area (Å²) in [5, 5.41) is 1.82. The van der Waals surface area contributed by atoms with E-state index >= 15 is 0 Å². The van der Waals surface area contributed by atoms with E-state index in [2.05, 4.69) is 32.1 Å². The van der Waals surface area contributed by atoms with E-state index in [1.165, 1.54) is 11.3 Å². The molecule has 2 aromatic rings. The summed E-state index contributed by atoms with van der Waals surface area (Å²) in [7, 11) is 0. The summed E-state index contributed by atoms with van der Waals surface area (Å²) in [6, 6.07) is 9.40. The van der Waals surface area contributed by atoms with E-state index in [0.717, 1.165) is 22.1 Å². The highest BCUT2D eigenvalue weighted by Crippen LogP contribution is 2.40. The van der Waals surface area contributed by atoms with Gasteiger partial charge in [-0.1, -0.05) is 62.0 Å². The van der Waals surface area contributed by atoms with Crippen LogP contribution >= 0.6 is 11.8 Å². The van der Waals surface area contributed by atoms with Gasteiger partial charge in [0.15, 0.2) is 0 Å². The van der Waals surface area contributed by atoms with Gasteiger partial charge < -0.3 is 0 Å². The topological polar surface area (TPSA) is 34.1 Å². The second-order valence-corrected chi connectivity index (χ2v) is 8.31. The summed E-state index contributed by atoms with van der Waals surface area (Å²) in [4.78, 5) is 26.6. The van der Waals surface area contributed by atoms with Gasteiger partial charge in [-0.3, -0.25) is 9.59 Å². The molecule has 25 heavy (non-hydrogen) atoms. The minimum atomic E-state index is -0.379. The molecule has 0 radical (unpaired) electrons. The van der Waals surface area contributed by atoms with Crippen molar-refractivity contribution < 1.29 is 9.59 Å². The van der Waals surface area contributed by atoms with E-state index in [4.69, 9.17) is 0 Å². The third kappa shape index (κ3) is 2.87. The van der Waals surface area contributed by atoms with Crippen LogP contribution in [0.2, 0.25) is 0 Å². The predicted molar refractivity (Wildman–Crippen MR) is 103 cm³/mol. The Kier molecular flexibility index (Phi) is 4.12. The van der Waals surface area contributed by atoms with Crippen molar-refractivity contribution in [2.24, 2.45) is 11.8 Å². The molecule has 0 saturated carbocycles. The molecule has 0 N–H and O–H groups in total. The van der Waals surface area contributed by atoms with Crippen molar-refractivity contribution in [3.63, 3.8) is 0 Å². The van der Waals surface area contributed by atoms with Gasteiger partial charge in [0.25, 0.3) is 0 Å². The van der Waals surface area contributed by atoms with Gasteiger partial charge in [-0.2, -0.15) is 0 Å². The van der Waals surface area contributed by atoms with Crippen LogP contribution in [-0.4, -0.2) is 11.6 Å². The highest BCUT2D eigenvalue weighted by Gasteiger charge is 2.31. The average Bonchev–Trinajstić information content (AvgIpc) is 2.85. The molecule has 0 saturated heterocycles. The van der Waals surface area contributed by atoms with Gasteiger partial charge in [-0.25, -0.2) is 0 Å². The first kappa shape index (κ1) is 16.3. The zero-order chi connectivity index (χ0) is 17.6. The molecular weight excluding hydrogens is 328 g/mol. The van der Waals surface area contributed by atoms with Crippen LogP contribution in [0.15, 0.2) is 58.4 Å². The maximum atomic E-state index is 12.1. The summed E-state index contributed by atoms with van der Waals surface area (Å²) >= 11 is 1.71. The Morgan fingerprint density at radius 2 is 1.84 bits per heavy atom. The minimum Gasteiger partial charge on any atom is -0.285 e. The summed E-state index contributed by atoms with van der Waals surface area (Å²) in [5.41, 5.74) is 1.09. The molecular formula is C22H20O2S. The highest BCUT2D eigenvalue weighted by atomic mass is 32.2. The molecule has 2 nitrogen and oxygen atoms in total. The summed E-state index contributed by atoms with van der Waals surface area (Å²) < 4.78 is 0. The zero-order valence-corrected chi connectivity index (χ0v) is 15.2. The van der Waals surface area contributed by atoms with Crippen LogP contribution in [0.5, 0.6) is 0 Å². The lowest BCUT2D eigenvalue weighted by molar-refractivity contribution is 0.0825. The lowest BCUT2D eigenvalue weighted by atomic mass is 9.91. The van der Waals surface area contributed by atoms with Crippen molar-refractivity contribution in [3.05, 3.63) is 64.6 Å². The van der Waals surface area contributed by atoms with Gasteiger partial charge in [-0.15, -0.1) is 0 Å². The van der Waals surface area contributed by atoms with Crippen molar-refractivity contribution in [1.82, 2.24) is 0 Å². The summed E-state index contributed by atoms with van der Waals surface area (Å²) in [6.07, 6.45) is 9.12. The van der Waals surface area contributed by atoms with E-state index in [0.29, 0.717) is 23.0 Å². The molecule has 0 heterocycles. The number of thioether (sulfide) groups is 1. The Balaban J connectivity index is 1.65. The number of Topliss-reactive ketones (excluding diaryl/α,β-unsaturated/α-hetero) is 2. The average molecular weight is 348 g/mol. The monoisotopic (exact) mass is 348 g/mol. The first-order chi connectivity index (χ1) is 12.0. The molecule has 0 spiro atoms. The Morgan fingerprint density at radius 3 is 2.52 bits per heavy atom. The van der Waals surface area contributed by atoms with Crippen LogP contribution in [0, 0.1) is 11.8 Å². The number of rotatable bonds is 4. The van der Waals surface area contributed by atoms with E-state index in [9.17, 15) is 9.59 Å². The Morgan fingerprint density at radius 1 is 1.08 bits per heavy atom. The first-order valence-corrected chi connectivity index (χ1v) is 9.57. The Labute approximate surface area is 152 Å². The molecule has 2 aromatic carbocycles. The van der Waals surface area contributed by atoms with Gasteiger partial charge in [0.1, 0.15) is 0 Å². The second-order valence-electron chi connectivity index (χ2n) is 7.19. The highest BCUT2D eigenvalue weighted by molar-refractivity contribution is 8.03. The molecule has 3 heteroatoms. The molecule has 126 valence electrons. The van der Waals surface area contributed by atoms with Crippen LogP contribution in [-0.2, 0) is 0 Å². The van der Waals surface area contributed by atoms with E-state index in [1.807, 2.05) is 18.2 Å². The maximum absolute atomic E-state index is 12.1. The quantitative estimate of drug-likeness (QED) is 0.653. The number of hydrogen-bond acceptors (Lipinski definition) is 3. The molecule has 1 atom stereocenters. The van der Waals surface area contributed by atoms with Crippen LogP contribution in [0.25, 0.3) is 10.8 Å². The second kappa shape index (κ2) is 6.30. The fourth-order valence-electron chi connectivity index (χ4n) is 3.72. The lowest BCUT2D eigenvalue weighted by Gasteiger charge is -2.18. The summed E-state index contributed by atoms with van der Waals surface area (Å²) in [5.74, 6) is 0.586. The molecule has 4 rings (SSSR count). The standard InChI is InChI=1S/C22H20O2S/c1-13(2)12-14-6-8-15(9-7-14)25-19-11-10-18-20-16(19)4-3-5-17(20)21(23)22(18)24/h3-6,8-11,13-14H,7,12H2,1-2H3. The number of benzene rings is 2. The number of carbonyl (C=O) groups is 2. The molecule has 0 aromatic heterocycles. The number of allylic oxidation sites excluding steroid dienone is 3. The number of carbonyl (C=O) groups excluding carboxylic acids is 2. The van der Waals surface area contributed by atoms with Gasteiger partial charge in [-0.05, 0) is 42.2 Å². The van der Waals surface area contributed by atoms with Gasteiger partial charge in [0.05, 0.1) is 0 Å². The third-order valence-corrected chi connectivity index (χ3v) is 5.97. The van der Waals surface area contributed by atoms with Crippen LogP contribution in [0.4, 0.5) is 0 Å². The predicted octanol–water partition coefficient (Wildman–Crippen LogP) is 5.82. The SMILES string of the molecule is CC(C)CC1C=CC(Sc2ccc3c4c(cccc24)C(=O)C3=O)=CC1. The molecule has 2 aliphatic rings. The molecule has 0 bridgehead atoms. The lowest BCUT2D eigenvalue weighted by Crippen LogP contribution is -2.05. The van der Waals surface area contributed by atoms with E-state index < -0.39 is 0 Å². The van der Waals surface area contributed by atoms with Crippen molar-refractivity contribution >= 4 is 34.1 Å². The molecule has 2 aliphatic carbocycles. The van der Waals surface area contributed by atoms with Crippen molar-refractivity contribution in [3.8, 4) is 0 Å². The van der Waals surface area contributed by atoms with Crippen molar-refractivity contribution in [1.29, 1.82) is 0 Å². The van der Waals surface area contributed by atoms with Crippen LogP contribution < -0.4 is 0 Å². The minimum absolute atomic E-state index is 0.379. The number of ketones is 2. The van der Waals surface area contributed by atoms with Crippen LogP contribution in [0.1, 0.15) is 47.4 Å². The fraction of sp³-hybridized carbons (Fsp3) is 0.273. The van der Waals surface area contributed by atoms with Crippen LogP contribution in [0.3, 0.4) is 0 Å². The van der Waals surface area contributed by atoms with Gasteiger partial charge in [0, 0.05) is 26.3 Å². The Bertz CT molecular complexity index is 930. The van der Waals surface area contributed by atoms with E-state index in [-0.39, 0.29) is 11.6 Å². The van der Waals surface area contributed by atoms with Gasteiger partial charge in [0.2, 0.25) is 11.6 Å². The number of hydrogen-bond donors (Lipinski definition) is 0. The van der Waals surface area contributed by atoms with Gasteiger partial charge >= 0.3 is 0 Å². The van der Waals surface area contributed by atoms with Crippen molar-refractivity contribution in [2.75, 3.05) is 0 Å². The normalized spacial score (nSPS) is 19.2. The smallest absolute Gasteiger partial charge is 0.234 e. The fourth-order valence-corrected chi connectivity index (χ4v) is 4.72. The molecule has 0 fully saturated rings. The molecule has 1 unspecified atom stereocenters. The largest absolute Gasteiger partial charge is 0.285 e. The zero-order valence-electron chi connectivity index (χ0n) is 14.4. The van der Waals surface area contributed by atoms with E-state index in [1.54, 1.807) is 23.9 Å².